The van der Waals surface area contributed by atoms with E-state index in [0.717, 1.165) is 41.7 Å². The Hall–Kier alpha value is -3.35. The molecule has 152 valence electrons. The van der Waals surface area contributed by atoms with E-state index in [1.54, 1.807) is 0 Å². The van der Waals surface area contributed by atoms with E-state index in [-0.39, 0.29) is 11.9 Å². The highest BCUT2D eigenvalue weighted by Crippen LogP contribution is 2.20. The van der Waals surface area contributed by atoms with Crippen LogP contribution in [-0.4, -0.2) is 28.5 Å². The van der Waals surface area contributed by atoms with Crippen molar-refractivity contribution in [1.29, 1.82) is 0 Å². The van der Waals surface area contributed by atoms with Crippen LogP contribution in [0.4, 0.5) is 4.79 Å². The van der Waals surface area contributed by atoms with Gasteiger partial charge in [0.2, 0.25) is 5.91 Å². The van der Waals surface area contributed by atoms with Crippen LogP contribution in [0.5, 0.6) is 0 Å². The van der Waals surface area contributed by atoms with Crippen molar-refractivity contribution in [3.63, 3.8) is 0 Å². The molecular weight excluding hydrogens is 366 g/mol. The van der Waals surface area contributed by atoms with Crippen LogP contribution in [-0.2, 0) is 11.2 Å². The van der Waals surface area contributed by atoms with Crippen molar-refractivity contribution in [1.82, 2.24) is 20.6 Å². The molecule has 7 nitrogen and oxygen atoms in total. The number of benzene rings is 2. The zero-order valence-electron chi connectivity index (χ0n) is 16.4. The first-order chi connectivity index (χ1) is 14.1. The number of urea groups is 1. The molecule has 1 heterocycles. The van der Waals surface area contributed by atoms with Crippen molar-refractivity contribution < 1.29 is 9.59 Å². The molecule has 3 amide bonds. The molecule has 0 spiro atoms. The van der Waals surface area contributed by atoms with E-state index < -0.39 is 6.03 Å². The Kier molecular flexibility index (Phi) is 7.22. The third-order valence-electron chi connectivity index (χ3n) is 4.74. The van der Waals surface area contributed by atoms with E-state index in [9.17, 15) is 9.59 Å². The quantitative estimate of drug-likeness (QED) is 0.397. The Bertz CT molecular complexity index is 906. The van der Waals surface area contributed by atoms with Gasteiger partial charge >= 0.3 is 6.03 Å². The normalized spacial score (nSPS) is 11.9. The van der Waals surface area contributed by atoms with E-state index in [0.29, 0.717) is 19.4 Å². The summed E-state index contributed by atoms with van der Waals surface area (Å²) in [5.74, 6) is 0.753. The van der Waals surface area contributed by atoms with Crippen LogP contribution in [0, 0.1) is 0 Å². The van der Waals surface area contributed by atoms with Crippen LogP contribution in [0.2, 0.25) is 0 Å². The number of amides is 3. The molecule has 0 saturated heterocycles. The maximum atomic E-state index is 12.5. The van der Waals surface area contributed by atoms with Gasteiger partial charge < -0.3 is 21.4 Å². The van der Waals surface area contributed by atoms with Gasteiger partial charge in [-0.05, 0) is 37.0 Å². The number of nitrogens with two attached hydrogens (primary N) is 1. The van der Waals surface area contributed by atoms with Crippen LogP contribution in [0.15, 0.2) is 54.6 Å². The van der Waals surface area contributed by atoms with E-state index in [2.05, 4.69) is 20.6 Å². The number of hydrogen-bond donors (Lipinski definition) is 4. The molecule has 3 rings (SSSR count). The molecule has 2 aromatic carbocycles. The van der Waals surface area contributed by atoms with Crippen molar-refractivity contribution >= 4 is 23.0 Å². The second-order valence-corrected chi connectivity index (χ2v) is 7.05. The highest BCUT2D eigenvalue weighted by molar-refractivity contribution is 5.77. The molecule has 0 aliphatic rings. The van der Waals surface area contributed by atoms with E-state index >= 15 is 0 Å². The van der Waals surface area contributed by atoms with E-state index in [1.807, 2.05) is 54.6 Å². The summed E-state index contributed by atoms with van der Waals surface area (Å²) in [5, 5.41) is 5.68. The van der Waals surface area contributed by atoms with Crippen molar-refractivity contribution in [2.45, 2.75) is 38.1 Å². The smallest absolute Gasteiger partial charge is 0.312 e. The minimum atomic E-state index is -0.516. The first-order valence-electron chi connectivity index (χ1n) is 9.93. The largest absolute Gasteiger partial charge is 0.352 e. The number of carbonyl (C=O) groups is 2. The van der Waals surface area contributed by atoms with Gasteiger partial charge in [0.1, 0.15) is 5.82 Å². The number of aromatic amines is 1. The summed E-state index contributed by atoms with van der Waals surface area (Å²) in [6, 6.07) is 17.2. The number of aromatic nitrogens is 2. The van der Waals surface area contributed by atoms with Crippen LogP contribution in [0.3, 0.4) is 0 Å². The number of H-pyrrole nitrogens is 1. The third kappa shape index (κ3) is 6.34. The van der Waals surface area contributed by atoms with Gasteiger partial charge in [-0.25, -0.2) is 9.78 Å². The standard InChI is InChI=1S/C22H27N5O2/c23-22(29)24-14-8-2-5-13-20(28)25-19(15-16-9-3-1-4-10-16)21-26-17-11-6-7-12-18(17)27-21/h1,3-4,6-7,9-12,19H,2,5,8,13-15H2,(H,25,28)(H,26,27)(H3,23,24,29). The van der Waals surface area contributed by atoms with Crippen LogP contribution < -0.4 is 16.4 Å². The lowest BCUT2D eigenvalue weighted by Gasteiger charge is -2.17. The van der Waals surface area contributed by atoms with Gasteiger partial charge in [0, 0.05) is 13.0 Å². The van der Waals surface area contributed by atoms with Gasteiger partial charge in [0.15, 0.2) is 0 Å². The summed E-state index contributed by atoms with van der Waals surface area (Å²) in [5.41, 5.74) is 8.01. The maximum Gasteiger partial charge on any atom is 0.312 e. The Morgan fingerprint density at radius 3 is 2.52 bits per heavy atom. The molecule has 0 aliphatic carbocycles. The Morgan fingerprint density at radius 2 is 1.76 bits per heavy atom. The molecule has 0 fully saturated rings. The average Bonchev–Trinajstić information content (AvgIpc) is 3.15. The summed E-state index contributed by atoms with van der Waals surface area (Å²) in [6.07, 6.45) is 3.50. The van der Waals surface area contributed by atoms with Crippen molar-refractivity contribution in [2.24, 2.45) is 5.73 Å². The predicted molar refractivity (Wildman–Crippen MR) is 113 cm³/mol. The SMILES string of the molecule is NC(=O)NCCCCCC(=O)NC(Cc1ccccc1)c1nc2ccccc2[nH]1. The molecule has 0 radical (unpaired) electrons. The molecule has 29 heavy (non-hydrogen) atoms. The second-order valence-electron chi connectivity index (χ2n) is 7.05. The molecule has 3 aromatic rings. The first kappa shape index (κ1) is 20.4. The van der Waals surface area contributed by atoms with Crippen LogP contribution >= 0.6 is 0 Å². The zero-order valence-corrected chi connectivity index (χ0v) is 16.4. The zero-order chi connectivity index (χ0) is 20.5. The molecule has 1 atom stereocenters. The number of rotatable bonds is 10. The summed E-state index contributed by atoms with van der Waals surface area (Å²) >= 11 is 0. The molecule has 0 bridgehead atoms. The number of nitrogens with one attached hydrogen (secondary N) is 3. The highest BCUT2D eigenvalue weighted by Gasteiger charge is 2.19. The first-order valence-corrected chi connectivity index (χ1v) is 9.93. The number of primary amides is 1. The third-order valence-corrected chi connectivity index (χ3v) is 4.74. The number of hydrogen-bond acceptors (Lipinski definition) is 3. The van der Waals surface area contributed by atoms with Crippen LogP contribution in [0.1, 0.15) is 43.1 Å². The van der Waals surface area contributed by atoms with E-state index in [4.69, 9.17) is 5.73 Å². The number of imidazole rings is 1. The lowest BCUT2D eigenvalue weighted by Crippen LogP contribution is -2.31. The molecule has 0 saturated carbocycles. The number of fused-ring (bicyclic) bond motifs is 1. The maximum absolute atomic E-state index is 12.5. The fraction of sp³-hybridized carbons (Fsp3) is 0.318. The lowest BCUT2D eigenvalue weighted by molar-refractivity contribution is -0.122. The van der Waals surface area contributed by atoms with Gasteiger partial charge in [-0.2, -0.15) is 0 Å². The van der Waals surface area contributed by atoms with Crippen LogP contribution in [0.25, 0.3) is 11.0 Å². The van der Waals surface area contributed by atoms with Crippen molar-refractivity contribution in [2.75, 3.05) is 6.54 Å². The predicted octanol–water partition coefficient (Wildman–Crippen LogP) is 3.19. The van der Waals surface area contributed by atoms with Gasteiger partial charge in [0.25, 0.3) is 0 Å². The second kappa shape index (κ2) is 10.3. The van der Waals surface area contributed by atoms with Crippen molar-refractivity contribution in [3.05, 3.63) is 66.0 Å². The Morgan fingerprint density at radius 1 is 1.00 bits per heavy atom. The minimum Gasteiger partial charge on any atom is -0.352 e. The summed E-state index contributed by atoms with van der Waals surface area (Å²) in [6.45, 7) is 0.534. The summed E-state index contributed by atoms with van der Waals surface area (Å²) in [7, 11) is 0. The molecule has 1 unspecified atom stereocenters. The van der Waals surface area contributed by atoms with Gasteiger partial charge in [0.05, 0.1) is 17.1 Å². The lowest BCUT2D eigenvalue weighted by atomic mass is 10.0. The van der Waals surface area contributed by atoms with Gasteiger partial charge in [-0.1, -0.05) is 48.9 Å². The van der Waals surface area contributed by atoms with E-state index in [1.165, 1.54) is 0 Å². The molecule has 0 aliphatic heterocycles. The number of para-hydroxylation sites is 2. The summed E-state index contributed by atoms with van der Waals surface area (Å²) < 4.78 is 0. The Balaban J connectivity index is 1.60. The number of carbonyl (C=O) groups excluding carboxylic acids is 2. The van der Waals surface area contributed by atoms with Gasteiger partial charge in [-0.3, -0.25) is 4.79 Å². The fourth-order valence-electron chi connectivity index (χ4n) is 3.27. The molecule has 5 N–H and O–H groups in total. The van der Waals surface area contributed by atoms with Gasteiger partial charge in [-0.15, -0.1) is 0 Å². The minimum absolute atomic E-state index is 0.00533. The number of nitrogens with zero attached hydrogens (tertiary/aromatic N) is 1. The molecular formula is C22H27N5O2. The highest BCUT2D eigenvalue weighted by atomic mass is 16.2. The topological polar surface area (TPSA) is 113 Å². The molecule has 1 aromatic heterocycles. The Labute approximate surface area is 170 Å². The fourth-order valence-corrected chi connectivity index (χ4v) is 3.27. The van der Waals surface area contributed by atoms with Crippen molar-refractivity contribution in [3.8, 4) is 0 Å². The monoisotopic (exact) mass is 393 g/mol. The molecule has 7 heteroatoms. The summed E-state index contributed by atoms with van der Waals surface area (Å²) in [4.78, 5) is 31.2. The average molecular weight is 393 g/mol. The number of unbranched alkanes of at least 4 members (excludes halogenated alkanes) is 2.